The molecular weight excluding hydrogens is 481 g/mol. The molecule has 0 radical (unpaired) electrons. The van der Waals surface area contributed by atoms with Crippen LogP contribution in [0.2, 0.25) is 0 Å². The molecule has 1 atom stereocenters. The summed E-state index contributed by atoms with van der Waals surface area (Å²) in [6.45, 7) is 18.3. The Hall–Kier alpha value is -1.03. The second-order valence-corrected chi connectivity index (χ2v) is 9.07. The number of amides is 1. The van der Waals surface area contributed by atoms with Crippen molar-refractivity contribution in [3.8, 4) is 0 Å². The SMILES string of the molecule is C=C(C)CN1CCC(NC(=NC)NCC(C)CN(C)C(=O)OC(C)(C)C)CC1.I. The Kier molecular flexibility index (Phi) is 12.8. The van der Waals surface area contributed by atoms with Crippen LogP contribution in [0.15, 0.2) is 17.1 Å². The molecule has 0 aliphatic carbocycles. The van der Waals surface area contributed by atoms with Gasteiger partial charge >= 0.3 is 6.09 Å². The van der Waals surface area contributed by atoms with Gasteiger partial charge in [-0.3, -0.25) is 9.89 Å². The first kappa shape index (κ1) is 28.0. The molecule has 1 saturated heterocycles. The molecule has 0 bridgehead atoms. The topological polar surface area (TPSA) is 69.2 Å². The minimum atomic E-state index is -0.473. The molecule has 7 nitrogen and oxygen atoms in total. The smallest absolute Gasteiger partial charge is 0.410 e. The Balaban J connectivity index is 0.00000784. The van der Waals surface area contributed by atoms with Gasteiger partial charge in [0.25, 0.3) is 0 Å². The fraction of sp³-hybridized carbons (Fsp3) is 0.810. The number of ether oxygens (including phenoxy) is 1. The van der Waals surface area contributed by atoms with Crippen molar-refractivity contribution in [1.82, 2.24) is 20.4 Å². The van der Waals surface area contributed by atoms with Gasteiger partial charge in [0.1, 0.15) is 5.60 Å². The van der Waals surface area contributed by atoms with Crippen LogP contribution in [0.25, 0.3) is 0 Å². The van der Waals surface area contributed by atoms with E-state index in [0.29, 0.717) is 12.6 Å². The van der Waals surface area contributed by atoms with Gasteiger partial charge in [0.2, 0.25) is 0 Å². The van der Waals surface area contributed by atoms with Gasteiger partial charge in [-0.25, -0.2) is 4.79 Å². The van der Waals surface area contributed by atoms with Crippen molar-refractivity contribution < 1.29 is 9.53 Å². The Bertz CT molecular complexity index is 540. The molecule has 1 aliphatic rings. The average molecular weight is 524 g/mol. The Morgan fingerprint density at radius 3 is 2.41 bits per heavy atom. The summed E-state index contributed by atoms with van der Waals surface area (Å²) < 4.78 is 5.40. The van der Waals surface area contributed by atoms with E-state index >= 15 is 0 Å². The first-order valence-corrected chi connectivity index (χ1v) is 10.3. The predicted molar refractivity (Wildman–Crippen MR) is 132 cm³/mol. The van der Waals surface area contributed by atoms with Crippen LogP contribution in [0.1, 0.15) is 47.5 Å². The molecule has 0 saturated carbocycles. The van der Waals surface area contributed by atoms with Gasteiger partial charge in [-0.2, -0.15) is 0 Å². The summed E-state index contributed by atoms with van der Waals surface area (Å²) in [5, 5.41) is 6.91. The highest BCUT2D eigenvalue weighted by atomic mass is 127. The van der Waals surface area contributed by atoms with E-state index < -0.39 is 5.60 Å². The molecule has 2 N–H and O–H groups in total. The van der Waals surface area contributed by atoms with E-state index in [1.165, 1.54) is 5.57 Å². The second kappa shape index (κ2) is 13.3. The third kappa shape index (κ3) is 12.3. The van der Waals surface area contributed by atoms with Gasteiger partial charge in [-0.05, 0) is 46.5 Å². The number of guanidine groups is 1. The number of hydrogen-bond donors (Lipinski definition) is 2. The highest BCUT2D eigenvalue weighted by Gasteiger charge is 2.22. The first-order chi connectivity index (χ1) is 13.0. The second-order valence-electron chi connectivity index (χ2n) is 9.07. The van der Waals surface area contributed by atoms with Crippen LogP contribution < -0.4 is 10.6 Å². The number of halogens is 1. The summed E-state index contributed by atoms with van der Waals surface area (Å²) >= 11 is 0. The van der Waals surface area contributed by atoms with Crippen molar-refractivity contribution in [2.45, 2.75) is 59.1 Å². The molecule has 0 aromatic carbocycles. The van der Waals surface area contributed by atoms with Gasteiger partial charge in [0, 0.05) is 52.9 Å². The lowest BCUT2D eigenvalue weighted by Crippen LogP contribution is -2.50. The zero-order valence-electron chi connectivity index (χ0n) is 19.4. The van der Waals surface area contributed by atoms with E-state index in [1.807, 2.05) is 20.8 Å². The van der Waals surface area contributed by atoms with E-state index in [2.05, 4.69) is 41.0 Å². The van der Waals surface area contributed by atoms with E-state index in [0.717, 1.165) is 45.0 Å². The van der Waals surface area contributed by atoms with E-state index in [4.69, 9.17) is 4.74 Å². The Labute approximate surface area is 194 Å². The largest absolute Gasteiger partial charge is 0.444 e. The molecule has 1 rings (SSSR count). The van der Waals surface area contributed by atoms with Crippen LogP contribution >= 0.6 is 24.0 Å². The van der Waals surface area contributed by atoms with Crippen molar-refractivity contribution in [3.05, 3.63) is 12.2 Å². The quantitative estimate of drug-likeness (QED) is 0.232. The zero-order valence-corrected chi connectivity index (χ0v) is 21.7. The number of aliphatic imine (C=N–C) groups is 1. The number of piperidine rings is 1. The fourth-order valence-electron chi connectivity index (χ4n) is 3.22. The molecule has 8 heteroatoms. The molecule has 1 amide bonds. The standard InChI is InChI=1S/C21H41N5O2.HI/c1-16(2)14-26-11-9-18(10-12-26)24-19(22-7)23-13-17(3)15-25(8)20(27)28-21(4,5)6;/h17-18H,1,9-15H2,2-8H3,(H2,22,23,24);1H. The van der Waals surface area contributed by atoms with Crippen molar-refractivity contribution in [3.63, 3.8) is 0 Å². The van der Waals surface area contributed by atoms with Crippen LogP contribution in [-0.2, 0) is 4.74 Å². The lowest BCUT2D eigenvalue weighted by Gasteiger charge is -2.33. The van der Waals surface area contributed by atoms with Gasteiger partial charge in [-0.1, -0.05) is 19.1 Å². The zero-order chi connectivity index (χ0) is 21.3. The Morgan fingerprint density at radius 2 is 1.93 bits per heavy atom. The number of rotatable bonds is 7. The third-order valence-corrected chi connectivity index (χ3v) is 4.55. The van der Waals surface area contributed by atoms with Crippen molar-refractivity contribution in [1.29, 1.82) is 0 Å². The van der Waals surface area contributed by atoms with Gasteiger partial charge < -0.3 is 20.3 Å². The van der Waals surface area contributed by atoms with Crippen LogP contribution in [0.3, 0.4) is 0 Å². The summed E-state index contributed by atoms with van der Waals surface area (Å²) in [6.07, 6.45) is 1.92. The summed E-state index contributed by atoms with van der Waals surface area (Å²) in [6, 6.07) is 0.437. The third-order valence-electron chi connectivity index (χ3n) is 4.55. The molecule has 0 aromatic rings. The first-order valence-electron chi connectivity index (χ1n) is 10.3. The van der Waals surface area contributed by atoms with Gasteiger partial charge in [0.15, 0.2) is 5.96 Å². The highest BCUT2D eigenvalue weighted by Crippen LogP contribution is 2.12. The van der Waals surface area contributed by atoms with Gasteiger partial charge in [0.05, 0.1) is 0 Å². The minimum absolute atomic E-state index is 0. The number of carbonyl (C=O) groups excluding carboxylic acids is 1. The normalized spacial score (nSPS) is 17.1. The Morgan fingerprint density at radius 1 is 1.34 bits per heavy atom. The highest BCUT2D eigenvalue weighted by molar-refractivity contribution is 14.0. The molecule has 170 valence electrons. The summed E-state index contributed by atoms with van der Waals surface area (Å²) in [7, 11) is 3.57. The van der Waals surface area contributed by atoms with Gasteiger partial charge in [-0.15, -0.1) is 24.0 Å². The maximum atomic E-state index is 12.1. The van der Waals surface area contributed by atoms with Crippen LogP contribution in [0, 0.1) is 5.92 Å². The minimum Gasteiger partial charge on any atom is -0.444 e. The fourth-order valence-corrected chi connectivity index (χ4v) is 3.22. The average Bonchev–Trinajstić information content (AvgIpc) is 2.58. The van der Waals surface area contributed by atoms with E-state index in [1.54, 1.807) is 19.0 Å². The van der Waals surface area contributed by atoms with Crippen molar-refractivity contribution >= 4 is 36.0 Å². The van der Waals surface area contributed by atoms with Crippen LogP contribution in [-0.4, -0.2) is 80.3 Å². The molecule has 1 fully saturated rings. The summed E-state index contributed by atoms with van der Waals surface area (Å²) in [5.41, 5.74) is 0.743. The monoisotopic (exact) mass is 523 g/mol. The summed E-state index contributed by atoms with van der Waals surface area (Å²) in [4.78, 5) is 20.5. The van der Waals surface area contributed by atoms with E-state index in [-0.39, 0.29) is 36.0 Å². The number of nitrogens with zero attached hydrogens (tertiary/aromatic N) is 3. The number of likely N-dealkylation sites (tertiary alicyclic amines) is 1. The molecule has 1 heterocycles. The maximum absolute atomic E-state index is 12.1. The maximum Gasteiger partial charge on any atom is 0.410 e. The van der Waals surface area contributed by atoms with Crippen molar-refractivity contribution in [2.24, 2.45) is 10.9 Å². The van der Waals surface area contributed by atoms with Crippen LogP contribution in [0.4, 0.5) is 4.79 Å². The molecular formula is C21H42IN5O2. The molecule has 29 heavy (non-hydrogen) atoms. The van der Waals surface area contributed by atoms with Crippen LogP contribution in [0.5, 0.6) is 0 Å². The molecule has 1 aliphatic heterocycles. The number of carbonyl (C=O) groups is 1. The number of nitrogens with one attached hydrogen (secondary N) is 2. The van der Waals surface area contributed by atoms with E-state index in [9.17, 15) is 4.79 Å². The number of hydrogen-bond acceptors (Lipinski definition) is 4. The molecule has 1 unspecified atom stereocenters. The lowest BCUT2D eigenvalue weighted by atomic mass is 10.0. The predicted octanol–water partition coefficient (Wildman–Crippen LogP) is 3.31. The van der Waals surface area contributed by atoms with Crippen molar-refractivity contribution in [2.75, 3.05) is 46.8 Å². The molecule has 0 spiro atoms. The summed E-state index contributed by atoms with van der Waals surface area (Å²) in [5.74, 6) is 1.10. The molecule has 0 aromatic heterocycles. The lowest BCUT2D eigenvalue weighted by molar-refractivity contribution is 0.0278.